The van der Waals surface area contributed by atoms with Crippen molar-refractivity contribution in [2.24, 2.45) is 5.92 Å². The Kier molecular flexibility index (Phi) is 5.49. The summed E-state index contributed by atoms with van der Waals surface area (Å²) in [4.78, 5) is 17.4. The molecule has 5 heteroatoms. The number of rotatable bonds is 4. The molecule has 0 aromatic heterocycles. The molecule has 128 valence electrons. The second-order valence-corrected chi connectivity index (χ2v) is 6.76. The molecule has 2 fully saturated rings. The lowest BCUT2D eigenvalue weighted by Crippen LogP contribution is -2.47. The Morgan fingerprint density at radius 2 is 2.00 bits per heavy atom. The van der Waals surface area contributed by atoms with Gasteiger partial charge in [0.2, 0.25) is 5.91 Å². The molecule has 2 aliphatic rings. The predicted molar refractivity (Wildman–Crippen MR) is 91.3 cm³/mol. The largest absolute Gasteiger partial charge is 0.379 e. The van der Waals surface area contributed by atoms with Crippen LogP contribution in [0.2, 0.25) is 0 Å². The van der Waals surface area contributed by atoms with Gasteiger partial charge >= 0.3 is 0 Å². The Bertz CT molecular complexity index is 592. The third-order valence-corrected chi connectivity index (χ3v) is 5.19. The van der Waals surface area contributed by atoms with Crippen molar-refractivity contribution >= 4 is 5.91 Å². The van der Waals surface area contributed by atoms with Gasteiger partial charge < -0.3 is 9.64 Å². The summed E-state index contributed by atoms with van der Waals surface area (Å²) in [6.45, 7) is 7.19. The monoisotopic (exact) mass is 327 g/mol. The highest BCUT2D eigenvalue weighted by molar-refractivity contribution is 5.84. The molecule has 2 heterocycles. The molecule has 5 nitrogen and oxygen atoms in total. The van der Waals surface area contributed by atoms with Gasteiger partial charge in [0.05, 0.1) is 31.6 Å². The van der Waals surface area contributed by atoms with Crippen molar-refractivity contribution in [1.29, 1.82) is 5.26 Å². The van der Waals surface area contributed by atoms with E-state index >= 15 is 0 Å². The van der Waals surface area contributed by atoms with E-state index in [9.17, 15) is 4.79 Å². The Morgan fingerprint density at radius 1 is 1.29 bits per heavy atom. The Balaban J connectivity index is 1.71. The lowest BCUT2D eigenvalue weighted by molar-refractivity contribution is -0.132. The lowest BCUT2D eigenvalue weighted by atomic mass is 9.95. The standard InChI is InChI=1S/C19H25N3O2/c1-15-13-22(14-18(15)21-9-11-24-12-10-21)19(23)17(7-8-20)16-5-3-2-4-6-16/h2-6,15,17-18H,7,9-14H2,1H3/t15-,17-,18+/m1/s1. The summed E-state index contributed by atoms with van der Waals surface area (Å²) < 4.78 is 5.44. The number of amides is 1. The van der Waals surface area contributed by atoms with Crippen LogP contribution in [-0.2, 0) is 9.53 Å². The fourth-order valence-corrected chi connectivity index (χ4v) is 3.86. The van der Waals surface area contributed by atoms with Crippen LogP contribution in [0.5, 0.6) is 0 Å². The molecule has 1 aromatic rings. The fourth-order valence-electron chi connectivity index (χ4n) is 3.86. The quantitative estimate of drug-likeness (QED) is 0.847. The zero-order chi connectivity index (χ0) is 16.9. The summed E-state index contributed by atoms with van der Waals surface area (Å²) >= 11 is 0. The van der Waals surface area contributed by atoms with Gasteiger partial charge in [-0.05, 0) is 11.5 Å². The number of hydrogen-bond donors (Lipinski definition) is 0. The molecule has 3 rings (SSSR count). The smallest absolute Gasteiger partial charge is 0.231 e. The van der Waals surface area contributed by atoms with Gasteiger partial charge in [0, 0.05) is 32.2 Å². The summed E-state index contributed by atoms with van der Waals surface area (Å²) in [7, 11) is 0. The van der Waals surface area contributed by atoms with Crippen molar-refractivity contribution < 1.29 is 9.53 Å². The number of nitriles is 1. The van der Waals surface area contributed by atoms with Crippen LogP contribution in [0.3, 0.4) is 0 Å². The predicted octanol–water partition coefficient (Wildman–Crippen LogP) is 1.86. The third kappa shape index (κ3) is 3.61. The van der Waals surface area contributed by atoms with E-state index in [4.69, 9.17) is 10.00 Å². The van der Waals surface area contributed by atoms with Gasteiger partial charge in [-0.2, -0.15) is 5.26 Å². The average molecular weight is 327 g/mol. The van der Waals surface area contributed by atoms with Crippen molar-refractivity contribution in [3.8, 4) is 6.07 Å². The van der Waals surface area contributed by atoms with E-state index in [2.05, 4.69) is 17.9 Å². The fraction of sp³-hybridized carbons (Fsp3) is 0.579. The Morgan fingerprint density at radius 3 is 2.67 bits per heavy atom. The van der Waals surface area contributed by atoms with E-state index in [0.29, 0.717) is 12.0 Å². The van der Waals surface area contributed by atoms with Crippen molar-refractivity contribution in [2.75, 3.05) is 39.4 Å². The first kappa shape index (κ1) is 16.9. The number of carbonyl (C=O) groups excluding carboxylic acids is 1. The summed E-state index contributed by atoms with van der Waals surface area (Å²) in [5.41, 5.74) is 0.937. The third-order valence-electron chi connectivity index (χ3n) is 5.19. The summed E-state index contributed by atoms with van der Waals surface area (Å²) in [6.07, 6.45) is 0.232. The topological polar surface area (TPSA) is 56.6 Å². The normalized spacial score (nSPS) is 26.1. The molecule has 0 saturated carbocycles. The number of nitrogens with zero attached hydrogens (tertiary/aromatic N) is 3. The molecule has 1 amide bonds. The zero-order valence-corrected chi connectivity index (χ0v) is 14.2. The maximum absolute atomic E-state index is 13.0. The van der Waals surface area contributed by atoms with Gasteiger partial charge in [0.15, 0.2) is 0 Å². The number of likely N-dealkylation sites (tertiary alicyclic amines) is 1. The van der Waals surface area contributed by atoms with Crippen LogP contribution >= 0.6 is 0 Å². The molecular weight excluding hydrogens is 302 g/mol. The maximum atomic E-state index is 13.0. The molecule has 2 saturated heterocycles. The molecule has 3 atom stereocenters. The first-order chi connectivity index (χ1) is 11.7. The minimum absolute atomic E-state index is 0.0883. The van der Waals surface area contributed by atoms with E-state index in [0.717, 1.165) is 45.0 Å². The summed E-state index contributed by atoms with van der Waals surface area (Å²) in [5.74, 6) is 0.183. The molecule has 0 spiro atoms. The first-order valence-electron chi connectivity index (χ1n) is 8.73. The molecule has 24 heavy (non-hydrogen) atoms. The number of hydrogen-bond acceptors (Lipinski definition) is 4. The second kappa shape index (κ2) is 7.78. The van der Waals surface area contributed by atoms with Gasteiger partial charge in [-0.25, -0.2) is 0 Å². The molecule has 0 N–H and O–H groups in total. The molecule has 0 radical (unpaired) electrons. The van der Waals surface area contributed by atoms with Gasteiger partial charge in [-0.1, -0.05) is 37.3 Å². The number of ether oxygens (including phenoxy) is 1. The van der Waals surface area contributed by atoms with Gasteiger partial charge in [0.1, 0.15) is 0 Å². The van der Waals surface area contributed by atoms with E-state index in [1.807, 2.05) is 35.2 Å². The second-order valence-electron chi connectivity index (χ2n) is 6.76. The highest BCUT2D eigenvalue weighted by Crippen LogP contribution is 2.28. The average Bonchev–Trinajstić information content (AvgIpc) is 3.02. The Labute approximate surface area is 143 Å². The van der Waals surface area contributed by atoms with Crippen molar-refractivity contribution in [3.63, 3.8) is 0 Å². The minimum Gasteiger partial charge on any atom is -0.379 e. The highest BCUT2D eigenvalue weighted by Gasteiger charge is 2.38. The lowest BCUT2D eigenvalue weighted by Gasteiger charge is -2.34. The number of benzene rings is 1. The zero-order valence-electron chi connectivity index (χ0n) is 14.2. The van der Waals surface area contributed by atoms with E-state index in [1.165, 1.54) is 0 Å². The van der Waals surface area contributed by atoms with Crippen LogP contribution in [-0.4, -0.2) is 61.1 Å². The molecular formula is C19H25N3O2. The van der Waals surface area contributed by atoms with Gasteiger partial charge in [-0.3, -0.25) is 9.69 Å². The van der Waals surface area contributed by atoms with Crippen LogP contribution in [0.4, 0.5) is 0 Å². The maximum Gasteiger partial charge on any atom is 0.231 e. The molecule has 1 aromatic carbocycles. The van der Waals surface area contributed by atoms with Crippen LogP contribution in [0.25, 0.3) is 0 Å². The molecule has 0 unspecified atom stereocenters. The van der Waals surface area contributed by atoms with Gasteiger partial charge in [-0.15, -0.1) is 0 Å². The summed E-state index contributed by atoms with van der Waals surface area (Å²) in [5, 5.41) is 9.15. The Hall–Kier alpha value is -1.90. The molecule has 0 aliphatic carbocycles. The van der Waals surface area contributed by atoms with Crippen molar-refractivity contribution in [1.82, 2.24) is 9.80 Å². The van der Waals surface area contributed by atoms with Gasteiger partial charge in [0.25, 0.3) is 0 Å². The van der Waals surface area contributed by atoms with E-state index < -0.39 is 0 Å². The van der Waals surface area contributed by atoms with E-state index in [-0.39, 0.29) is 18.2 Å². The van der Waals surface area contributed by atoms with Crippen LogP contribution in [0.15, 0.2) is 30.3 Å². The van der Waals surface area contributed by atoms with Crippen molar-refractivity contribution in [2.45, 2.75) is 25.3 Å². The number of morpholine rings is 1. The first-order valence-corrected chi connectivity index (χ1v) is 8.73. The molecule has 2 aliphatic heterocycles. The molecule has 0 bridgehead atoms. The highest BCUT2D eigenvalue weighted by atomic mass is 16.5. The minimum atomic E-state index is -0.355. The van der Waals surface area contributed by atoms with Crippen LogP contribution < -0.4 is 0 Å². The summed E-state index contributed by atoms with van der Waals surface area (Å²) in [6, 6.07) is 12.3. The van der Waals surface area contributed by atoms with Crippen LogP contribution in [0, 0.1) is 17.2 Å². The number of carbonyl (C=O) groups is 1. The SMILES string of the molecule is C[C@@H]1CN(C(=O)[C@H](CC#N)c2ccccc2)C[C@@H]1N1CCOCC1. The van der Waals surface area contributed by atoms with E-state index in [1.54, 1.807) is 0 Å². The van der Waals surface area contributed by atoms with Crippen LogP contribution in [0.1, 0.15) is 24.8 Å². The van der Waals surface area contributed by atoms with Crippen molar-refractivity contribution in [3.05, 3.63) is 35.9 Å².